The summed E-state index contributed by atoms with van der Waals surface area (Å²) in [4.78, 5) is 0. The molecule has 0 radical (unpaired) electrons. The third-order valence-corrected chi connectivity index (χ3v) is 6.93. The number of para-hydroxylation sites is 1. The van der Waals surface area contributed by atoms with Crippen LogP contribution in [0.3, 0.4) is 0 Å². The van der Waals surface area contributed by atoms with Crippen LogP contribution in [-0.2, 0) is 0 Å². The Balaban J connectivity index is 1.80. The van der Waals surface area contributed by atoms with Crippen molar-refractivity contribution in [2.75, 3.05) is 5.32 Å². The number of rotatable bonds is 2. The molecule has 2 heterocycles. The van der Waals surface area contributed by atoms with Crippen molar-refractivity contribution in [1.82, 2.24) is 0 Å². The topological polar surface area (TPSA) is 12.0 Å². The van der Waals surface area contributed by atoms with Crippen molar-refractivity contribution in [2.45, 2.75) is 0 Å². The highest BCUT2D eigenvalue weighted by Gasteiger charge is 2.16. The van der Waals surface area contributed by atoms with Crippen LogP contribution in [0.4, 0.5) is 11.4 Å². The van der Waals surface area contributed by atoms with E-state index in [1.165, 1.54) is 35.3 Å². The summed E-state index contributed by atoms with van der Waals surface area (Å²) < 4.78 is 6.57. The molecule has 3 aromatic carbocycles. The Hall–Kier alpha value is -1.62. The zero-order valence-corrected chi connectivity index (χ0v) is 14.6. The minimum Gasteiger partial charge on any atom is -0.353 e. The Bertz CT molecular complexity index is 1120. The fourth-order valence-electron chi connectivity index (χ4n) is 2.95. The maximum atomic E-state index is 3.61. The molecular formula is C18H10BrNS2. The molecule has 0 amide bonds. The first-order chi connectivity index (χ1) is 10.8. The lowest BCUT2D eigenvalue weighted by atomic mass is 10.1. The van der Waals surface area contributed by atoms with Gasteiger partial charge in [0, 0.05) is 29.3 Å². The summed E-state index contributed by atoms with van der Waals surface area (Å²) in [6.07, 6.45) is 0. The van der Waals surface area contributed by atoms with Crippen LogP contribution in [0.15, 0.2) is 59.1 Å². The van der Waals surface area contributed by atoms with E-state index in [9.17, 15) is 0 Å². The average molecular weight is 384 g/mol. The SMILES string of the molecule is Brc1ccccc1Nc1ccc2sc3cccc4sc1c2c34. The maximum Gasteiger partial charge on any atom is 0.0605 e. The zero-order valence-electron chi connectivity index (χ0n) is 11.4. The van der Waals surface area contributed by atoms with Gasteiger partial charge in [-0.05, 0) is 52.3 Å². The van der Waals surface area contributed by atoms with Crippen molar-refractivity contribution in [3.63, 3.8) is 0 Å². The normalized spacial score (nSPS) is 11.9. The van der Waals surface area contributed by atoms with Crippen molar-refractivity contribution in [3.05, 3.63) is 59.1 Å². The standard InChI is InChI=1S/C18H10BrNS2/c19-10-4-1-2-5-11(10)20-12-8-9-15-17-16-13(21-15)6-3-7-14(16)22-18(12)17/h1-9,20H. The second-order valence-corrected chi connectivity index (χ2v) is 8.24. The third kappa shape index (κ3) is 1.75. The maximum absolute atomic E-state index is 3.61. The zero-order chi connectivity index (χ0) is 14.7. The summed E-state index contributed by atoms with van der Waals surface area (Å²) in [6, 6.07) is 19.3. The van der Waals surface area contributed by atoms with Gasteiger partial charge in [0.1, 0.15) is 0 Å². The predicted octanol–water partition coefficient (Wildman–Crippen LogP) is 7.21. The monoisotopic (exact) mass is 383 g/mol. The molecule has 0 bridgehead atoms. The Labute approximate surface area is 143 Å². The molecule has 0 saturated heterocycles. The van der Waals surface area contributed by atoms with Crippen LogP contribution >= 0.6 is 38.6 Å². The molecule has 0 unspecified atom stereocenters. The molecular weight excluding hydrogens is 374 g/mol. The van der Waals surface area contributed by atoms with E-state index in [2.05, 4.69) is 69.8 Å². The van der Waals surface area contributed by atoms with Gasteiger partial charge < -0.3 is 5.32 Å². The molecule has 5 aromatic rings. The van der Waals surface area contributed by atoms with Crippen LogP contribution in [0.2, 0.25) is 0 Å². The van der Waals surface area contributed by atoms with Gasteiger partial charge >= 0.3 is 0 Å². The molecule has 0 aliphatic rings. The van der Waals surface area contributed by atoms with Gasteiger partial charge in [-0.25, -0.2) is 0 Å². The van der Waals surface area contributed by atoms with Crippen LogP contribution in [0.25, 0.3) is 29.6 Å². The van der Waals surface area contributed by atoms with Crippen LogP contribution in [0.5, 0.6) is 0 Å². The highest BCUT2D eigenvalue weighted by atomic mass is 79.9. The Kier molecular flexibility index (Phi) is 2.74. The van der Waals surface area contributed by atoms with Crippen molar-refractivity contribution >= 4 is 79.6 Å². The van der Waals surface area contributed by atoms with Gasteiger partial charge in [0.25, 0.3) is 0 Å². The molecule has 0 spiro atoms. The fraction of sp³-hybridized carbons (Fsp3) is 0. The van der Waals surface area contributed by atoms with Crippen molar-refractivity contribution in [3.8, 4) is 0 Å². The quantitative estimate of drug-likeness (QED) is 0.339. The lowest BCUT2D eigenvalue weighted by Gasteiger charge is -2.09. The number of hydrogen-bond acceptors (Lipinski definition) is 3. The van der Waals surface area contributed by atoms with Crippen LogP contribution in [0, 0.1) is 0 Å². The molecule has 2 aromatic heterocycles. The first kappa shape index (κ1) is 12.9. The number of benzene rings is 3. The third-order valence-electron chi connectivity index (χ3n) is 3.93. The van der Waals surface area contributed by atoms with Gasteiger partial charge in [0.15, 0.2) is 0 Å². The molecule has 1 N–H and O–H groups in total. The van der Waals surface area contributed by atoms with Gasteiger partial charge in [-0.15, -0.1) is 22.7 Å². The Morgan fingerprint density at radius 2 is 1.45 bits per heavy atom. The molecule has 1 nitrogen and oxygen atoms in total. The summed E-state index contributed by atoms with van der Waals surface area (Å²) in [5.41, 5.74) is 2.28. The van der Waals surface area contributed by atoms with Crippen molar-refractivity contribution in [2.24, 2.45) is 0 Å². The highest BCUT2D eigenvalue weighted by Crippen LogP contribution is 2.48. The summed E-state index contributed by atoms with van der Waals surface area (Å²) in [5, 5.41) is 6.42. The van der Waals surface area contributed by atoms with Gasteiger partial charge in [-0.2, -0.15) is 0 Å². The molecule has 0 saturated carbocycles. The molecule has 5 rings (SSSR count). The van der Waals surface area contributed by atoms with E-state index < -0.39 is 0 Å². The molecule has 22 heavy (non-hydrogen) atoms. The molecule has 0 aliphatic heterocycles. The Morgan fingerprint density at radius 3 is 2.32 bits per heavy atom. The number of hydrogen-bond donors (Lipinski definition) is 1. The minimum absolute atomic E-state index is 1.08. The lowest BCUT2D eigenvalue weighted by molar-refractivity contribution is 1.56. The summed E-state index contributed by atoms with van der Waals surface area (Å²) in [5.74, 6) is 0. The van der Waals surface area contributed by atoms with E-state index in [-0.39, 0.29) is 0 Å². The predicted molar refractivity (Wildman–Crippen MR) is 103 cm³/mol. The highest BCUT2D eigenvalue weighted by molar-refractivity contribution is 9.10. The molecule has 0 aliphatic carbocycles. The largest absolute Gasteiger partial charge is 0.353 e. The minimum atomic E-state index is 1.08. The van der Waals surface area contributed by atoms with E-state index in [1.54, 1.807) is 0 Å². The summed E-state index contributed by atoms with van der Waals surface area (Å²) >= 11 is 7.38. The van der Waals surface area contributed by atoms with Gasteiger partial charge in [-0.3, -0.25) is 0 Å². The number of anilines is 2. The second kappa shape index (κ2) is 4.69. The van der Waals surface area contributed by atoms with Gasteiger partial charge in [0.05, 0.1) is 16.1 Å². The lowest BCUT2D eigenvalue weighted by Crippen LogP contribution is -1.90. The molecule has 106 valence electrons. The number of nitrogens with one attached hydrogen (secondary N) is 1. The van der Waals surface area contributed by atoms with Crippen LogP contribution in [0.1, 0.15) is 0 Å². The summed E-state index contributed by atoms with van der Waals surface area (Å²) in [7, 11) is 0. The van der Waals surface area contributed by atoms with E-state index in [0.717, 1.165) is 10.2 Å². The number of halogens is 1. The van der Waals surface area contributed by atoms with Crippen LogP contribution < -0.4 is 5.32 Å². The second-order valence-electron chi connectivity index (χ2n) is 5.25. The first-order valence-electron chi connectivity index (χ1n) is 6.99. The summed E-state index contributed by atoms with van der Waals surface area (Å²) in [6.45, 7) is 0. The van der Waals surface area contributed by atoms with Gasteiger partial charge in [0.2, 0.25) is 0 Å². The van der Waals surface area contributed by atoms with E-state index in [0.29, 0.717) is 0 Å². The Morgan fingerprint density at radius 1 is 0.682 bits per heavy atom. The van der Waals surface area contributed by atoms with Crippen molar-refractivity contribution in [1.29, 1.82) is 0 Å². The fourth-order valence-corrected chi connectivity index (χ4v) is 5.83. The van der Waals surface area contributed by atoms with E-state index in [1.807, 2.05) is 28.7 Å². The molecule has 0 fully saturated rings. The van der Waals surface area contributed by atoms with E-state index >= 15 is 0 Å². The number of thiophene rings is 2. The van der Waals surface area contributed by atoms with Crippen LogP contribution in [-0.4, -0.2) is 0 Å². The molecule has 4 heteroatoms. The van der Waals surface area contributed by atoms with E-state index in [4.69, 9.17) is 0 Å². The molecule has 0 atom stereocenters. The average Bonchev–Trinajstić information content (AvgIpc) is 3.10. The van der Waals surface area contributed by atoms with Gasteiger partial charge in [-0.1, -0.05) is 18.2 Å². The first-order valence-corrected chi connectivity index (χ1v) is 9.41. The van der Waals surface area contributed by atoms with Crippen molar-refractivity contribution < 1.29 is 0 Å². The smallest absolute Gasteiger partial charge is 0.0605 e.